The molecule has 1 unspecified atom stereocenters. The van der Waals surface area contributed by atoms with Crippen LogP contribution in [0, 0.1) is 0 Å². The molecule has 0 bridgehead atoms. The van der Waals surface area contributed by atoms with Crippen molar-refractivity contribution in [3.63, 3.8) is 0 Å². The molecule has 1 aromatic heterocycles. The molecule has 0 aliphatic carbocycles. The predicted octanol–water partition coefficient (Wildman–Crippen LogP) is 4.58. The van der Waals surface area contributed by atoms with Crippen molar-refractivity contribution < 1.29 is 24.2 Å². The van der Waals surface area contributed by atoms with Crippen LogP contribution >= 0.6 is 11.3 Å². The molecule has 10 heteroatoms. The van der Waals surface area contributed by atoms with Gasteiger partial charge in [0.15, 0.2) is 16.3 Å². The predicted molar refractivity (Wildman–Crippen MR) is 161 cm³/mol. The number of carbonyl (C=O) groups excluding carboxylic acids is 1. The molecule has 0 spiro atoms. The summed E-state index contributed by atoms with van der Waals surface area (Å²) in [4.78, 5) is 32.0. The number of fused-ring (bicyclic) bond motifs is 1. The van der Waals surface area contributed by atoms with Gasteiger partial charge in [-0.3, -0.25) is 20.0 Å². The Kier molecular flexibility index (Phi) is 8.85. The van der Waals surface area contributed by atoms with Crippen molar-refractivity contribution in [1.29, 1.82) is 0 Å². The lowest BCUT2D eigenvalue weighted by Crippen LogP contribution is -2.39. The Morgan fingerprint density at radius 3 is 2.48 bits per heavy atom. The standard InChI is InChI=1S/C32H31N3O6S/c1-4-39-26-17-22(13-16-25(26)41-19-21-11-14-24(34-38)15-12-21)18-27-30(36)35-29(23-9-7-6-8-10-23)28(31(37)40-5-2)20(3)33-32(35)42-27/h6-18,29,34,38H,4-5,19H2,1-3H3. The molecule has 216 valence electrons. The third kappa shape index (κ3) is 6.00. The first-order valence-corrected chi connectivity index (χ1v) is 14.4. The summed E-state index contributed by atoms with van der Waals surface area (Å²) in [5.74, 6) is 0.633. The SMILES string of the molecule is CCOC(=O)C1=C(C)N=c2sc(=Cc3ccc(OCc4ccc(NO)cc4)c(OCC)c3)c(=O)n2C1c1ccccc1. The van der Waals surface area contributed by atoms with Gasteiger partial charge in [-0.2, -0.15) is 0 Å². The lowest BCUT2D eigenvalue weighted by atomic mass is 9.96. The summed E-state index contributed by atoms with van der Waals surface area (Å²) in [6, 6.07) is 21.5. The van der Waals surface area contributed by atoms with Gasteiger partial charge in [0.25, 0.3) is 5.56 Å². The fraction of sp³-hybridized carbons (Fsp3) is 0.219. The van der Waals surface area contributed by atoms with Gasteiger partial charge in [-0.15, -0.1) is 0 Å². The Bertz CT molecular complexity index is 1790. The summed E-state index contributed by atoms with van der Waals surface area (Å²) in [7, 11) is 0. The molecule has 42 heavy (non-hydrogen) atoms. The number of hydrogen-bond acceptors (Lipinski definition) is 9. The minimum Gasteiger partial charge on any atom is -0.490 e. The highest BCUT2D eigenvalue weighted by molar-refractivity contribution is 7.07. The van der Waals surface area contributed by atoms with Gasteiger partial charge in [-0.05, 0) is 67.8 Å². The largest absolute Gasteiger partial charge is 0.490 e. The summed E-state index contributed by atoms with van der Waals surface area (Å²) in [6.07, 6.45) is 1.79. The number of ether oxygens (including phenoxy) is 3. The van der Waals surface area contributed by atoms with E-state index in [0.29, 0.717) is 51.0 Å². The second-order valence-electron chi connectivity index (χ2n) is 9.45. The molecule has 5 rings (SSSR count). The van der Waals surface area contributed by atoms with Gasteiger partial charge in [0.05, 0.1) is 40.7 Å². The van der Waals surface area contributed by atoms with Crippen molar-refractivity contribution in [1.82, 2.24) is 4.57 Å². The highest BCUT2D eigenvalue weighted by Crippen LogP contribution is 2.31. The minimum absolute atomic E-state index is 0.219. The smallest absolute Gasteiger partial charge is 0.338 e. The van der Waals surface area contributed by atoms with E-state index >= 15 is 0 Å². The minimum atomic E-state index is -0.652. The third-order valence-electron chi connectivity index (χ3n) is 6.68. The lowest BCUT2D eigenvalue weighted by molar-refractivity contribution is -0.139. The van der Waals surface area contributed by atoms with Crippen molar-refractivity contribution in [3.05, 3.63) is 120 Å². The van der Waals surface area contributed by atoms with Crippen LogP contribution < -0.4 is 29.8 Å². The van der Waals surface area contributed by atoms with E-state index in [0.717, 1.165) is 16.7 Å². The molecule has 2 N–H and O–H groups in total. The number of hydrogen-bond donors (Lipinski definition) is 2. The van der Waals surface area contributed by atoms with Crippen molar-refractivity contribution in [2.45, 2.75) is 33.4 Å². The maximum absolute atomic E-state index is 13.8. The van der Waals surface area contributed by atoms with E-state index in [4.69, 9.17) is 19.4 Å². The maximum Gasteiger partial charge on any atom is 0.338 e. The van der Waals surface area contributed by atoms with Crippen LogP contribution in [0.15, 0.2) is 93.9 Å². The molecule has 0 fully saturated rings. The average molecular weight is 586 g/mol. The Balaban J connectivity index is 1.51. The monoisotopic (exact) mass is 585 g/mol. The van der Waals surface area contributed by atoms with Crippen LogP contribution in [0.1, 0.15) is 43.5 Å². The summed E-state index contributed by atoms with van der Waals surface area (Å²) >= 11 is 1.27. The number of nitrogens with one attached hydrogen (secondary N) is 1. The lowest BCUT2D eigenvalue weighted by Gasteiger charge is -2.24. The summed E-state index contributed by atoms with van der Waals surface area (Å²) in [5.41, 5.74) is 5.80. The van der Waals surface area contributed by atoms with Crippen LogP contribution in [-0.2, 0) is 16.1 Å². The molecule has 0 amide bonds. The van der Waals surface area contributed by atoms with Crippen molar-refractivity contribution >= 4 is 29.1 Å². The Hall–Kier alpha value is -4.67. The number of rotatable bonds is 10. The molecule has 0 saturated heterocycles. The molecular weight excluding hydrogens is 554 g/mol. The molecule has 0 saturated carbocycles. The zero-order valence-electron chi connectivity index (χ0n) is 23.5. The van der Waals surface area contributed by atoms with Crippen LogP contribution in [-0.4, -0.2) is 29.0 Å². The number of allylic oxidation sites excluding steroid dienone is 1. The topological polar surface area (TPSA) is 111 Å². The van der Waals surface area contributed by atoms with Gasteiger partial charge >= 0.3 is 5.97 Å². The quantitative estimate of drug-likeness (QED) is 0.207. The fourth-order valence-electron chi connectivity index (χ4n) is 4.73. The number of carbonyl (C=O) groups is 1. The van der Waals surface area contributed by atoms with E-state index in [1.54, 1.807) is 36.6 Å². The molecule has 9 nitrogen and oxygen atoms in total. The summed E-state index contributed by atoms with van der Waals surface area (Å²) in [6.45, 7) is 6.38. The van der Waals surface area contributed by atoms with Gasteiger partial charge in [0.1, 0.15) is 6.61 Å². The maximum atomic E-state index is 13.8. The van der Waals surface area contributed by atoms with Crippen molar-refractivity contribution in [2.24, 2.45) is 4.99 Å². The average Bonchev–Trinajstić information content (AvgIpc) is 3.30. The Labute approximate surface area is 246 Å². The number of thiazole rings is 1. The highest BCUT2D eigenvalue weighted by atomic mass is 32.1. The molecule has 1 atom stereocenters. The first kappa shape index (κ1) is 28.8. The van der Waals surface area contributed by atoms with Gasteiger partial charge in [0, 0.05) is 0 Å². The second kappa shape index (κ2) is 12.9. The highest BCUT2D eigenvalue weighted by Gasteiger charge is 2.33. The number of nitrogens with zero attached hydrogens (tertiary/aromatic N) is 2. The number of anilines is 1. The first-order valence-electron chi connectivity index (χ1n) is 13.6. The van der Waals surface area contributed by atoms with Gasteiger partial charge in [-0.1, -0.05) is 59.9 Å². The van der Waals surface area contributed by atoms with Crippen LogP contribution in [0.4, 0.5) is 5.69 Å². The van der Waals surface area contributed by atoms with Crippen LogP contribution in [0.2, 0.25) is 0 Å². The molecule has 1 aliphatic rings. The summed E-state index contributed by atoms with van der Waals surface area (Å²) in [5, 5.41) is 9.01. The van der Waals surface area contributed by atoms with E-state index in [-0.39, 0.29) is 12.2 Å². The van der Waals surface area contributed by atoms with Crippen LogP contribution in [0.5, 0.6) is 11.5 Å². The van der Waals surface area contributed by atoms with Crippen LogP contribution in [0.3, 0.4) is 0 Å². The first-order chi connectivity index (χ1) is 20.4. The van der Waals surface area contributed by atoms with E-state index in [1.165, 1.54) is 11.3 Å². The van der Waals surface area contributed by atoms with E-state index in [9.17, 15) is 9.59 Å². The van der Waals surface area contributed by atoms with Gasteiger partial charge < -0.3 is 14.2 Å². The normalized spacial score (nSPS) is 14.7. The molecule has 0 radical (unpaired) electrons. The fourth-order valence-corrected chi connectivity index (χ4v) is 5.78. The molecular formula is C32H31N3O6S. The molecule has 4 aromatic rings. The summed E-state index contributed by atoms with van der Waals surface area (Å²) < 4.78 is 19.3. The molecule has 3 aromatic carbocycles. The van der Waals surface area contributed by atoms with E-state index in [2.05, 4.69) is 10.5 Å². The third-order valence-corrected chi connectivity index (χ3v) is 7.66. The van der Waals surface area contributed by atoms with Gasteiger partial charge in [-0.25, -0.2) is 9.79 Å². The van der Waals surface area contributed by atoms with Gasteiger partial charge in [0.2, 0.25) is 0 Å². The van der Waals surface area contributed by atoms with E-state index in [1.807, 2.05) is 67.6 Å². The molecule has 2 heterocycles. The van der Waals surface area contributed by atoms with Crippen molar-refractivity contribution in [2.75, 3.05) is 18.7 Å². The Morgan fingerprint density at radius 2 is 1.79 bits per heavy atom. The zero-order valence-corrected chi connectivity index (χ0v) is 24.3. The van der Waals surface area contributed by atoms with Crippen molar-refractivity contribution in [3.8, 4) is 11.5 Å². The zero-order chi connectivity index (χ0) is 29.6. The van der Waals surface area contributed by atoms with Crippen LogP contribution in [0.25, 0.3) is 6.08 Å². The number of benzene rings is 3. The second-order valence-corrected chi connectivity index (χ2v) is 10.5. The number of esters is 1. The molecule has 1 aliphatic heterocycles. The van der Waals surface area contributed by atoms with E-state index < -0.39 is 12.0 Å². The Morgan fingerprint density at radius 1 is 1.02 bits per heavy atom. The number of aromatic nitrogens is 1.